The lowest BCUT2D eigenvalue weighted by Crippen LogP contribution is -2.69. The van der Waals surface area contributed by atoms with Crippen LogP contribution in [-0.4, -0.2) is 77.9 Å². The number of piperazine rings is 1. The molecule has 9 atom stereocenters. The molecule has 1 aromatic heterocycles. The molecule has 7 nitrogen and oxygen atoms in total. The van der Waals surface area contributed by atoms with Crippen LogP contribution in [0.4, 0.5) is 4.79 Å². The molecule has 4 saturated carbocycles. The minimum atomic E-state index is -0.117. The number of aromatic amines is 1. The van der Waals surface area contributed by atoms with Crippen molar-refractivity contribution in [2.75, 3.05) is 46.3 Å². The maximum Gasteiger partial charge on any atom is 0.315 e. The zero-order chi connectivity index (χ0) is 32.0. The van der Waals surface area contributed by atoms with Gasteiger partial charge >= 0.3 is 6.03 Å². The van der Waals surface area contributed by atoms with Gasteiger partial charge < -0.3 is 15.5 Å². The van der Waals surface area contributed by atoms with Crippen LogP contribution in [-0.2, 0) is 11.8 Å². The highest BCUT2D eigenvalue weighted by atomic mass is 16.2. The number of H-pyrrole nitrogens is 1. The molecule has 0 radical (unpaired) electrons. The van der Waals surface area contributed by atoms with Crippen LogP contribution in [0.25, 0.3) is 0 Å². The molecule has 0 spiro atoms. The molecular weight excluding hydrogens is 556 g/mol. The summed E-state index contributed by atoms with van der Waals surface area (Å²) in [6.07, 6.45) is 13.0. The fourth-order valence-corrected chi connectivity index (χ4v) is 13.4. The minimum Gasteiger partial charge on any atom is -0.337 e. The van der Waals surface area contributed by atoms with Gasteiger partial charge in [0.1, 0.15) is 0 Å². The Labute approximate surface area is 273 Å². The predicted octanol–water partition coefficient (Wildman–Crippen LogP) is 6.38. The highest BCUT2D eigenvalue weighted by Gasteiger charge is 2.71. The van der Waals surface area contributed by atoms with Gasteiger partial charge in [-0.15, -0.1) is 0 Å². The summed E-state index contributed by atoms with van der Waals surface area (Å²) in [5.74, 6) is 2.96. The number of amides is 2. The summed E-state index contributed by atoms with van der Waals surface area (Å²) in [5.41, 5.74) is 5.01. The van der Waals surface area contributed by atoms with Gasteiger partial charge in [0.05, 0.1) is 6.20 Å². The van der Waals surface area contributed by atoms with E-state index >= 15 is 0 Å². The third kappa shape index (κ3) is 4.63. The largest absolute Gasteiger partial charge is 0.337 e. The number of likely N-dealkylation sites (N-methyl/N-ethyl adjacent to an activating group) is 1. The number of rotatable bonds is 5. The quantitative estimate of drug-likeness (QED) is 0.335. The summed E-state index contributed by atoms with van der Waals surface area (Å²) in [6, 6.07) is 0.0494. The molecule has 5 fully saturated rings. The van der Waals surface area contributed by atoms with Crippen molar-refractivity contribution < 1.29 is 4.79 Å². The lowest BCUT2D eigenvalue weighted by Gasteiger charge is -2.72. The van der Waals surface area contributed by atoms with Crippen LogP contribution in [0.5, 0.6) is 0 Å². The van der Waals surface area contributed by atoms with Gasteiger partial charge in [0, 0.05) is 55.9 Å². The van der Waals surface area contributed by atoms with E-state index in [0.717, 1.165) is 65.0 Å². The molecule has 6 aliphatic rings. The molecule has 250 valence electrons. The van der Waals surface area contributed by atoms with Crippen LogP contribution in [0.15, 0.2) is 18.3 Å². The lowest BCUT2D eigenvalue weighted by molar-refractivity contribution is -0.218. The number of nitrogens with zero attached hydrogens (tertiary/aromatic N) is 3. The molecule has 0 aromatic carbocycles. The topological polar surface area (TPSA) is 76.3 Å². The highest BCUT2D eigenvalue weighted by molar-refractivity contribution is 5.75. The van der Waals surface area contributed by atoms with Gasteiger partial charge in [0.15, 0.2) is 0 Å². The van der Waals surface area contributed by atoms with Crippen molar-refractivity contribution in [2.45, 2.75) is 110 Å². The highest BCUT2D eigenvalue weighted by Crippen LogP contribution is 2.76. The van der Waals surface area contributed by atoms with Crippen molar-refractivity contribution >= 4 is 6.03 Å². The van der Waals surface area contributed by atoms with Gasteiger partial charge in [-0.25, -0.2) is 4.79 Å². The fourth-order valence-electron chi connectivity index (χ4n) is 13.4. The molecule has 5 aliphatic carbocycles. The van der Waals surface area contributed by atoms with E-state index in [-0.39, 0.29) is 33.2 Å². The van der Waals surface area contributed by atoms with Crippen molar-refractivity contribution in [3.05, 3.63) is 29.6 Å². The van der Waals surface area contributed by atoms with Gasteiger partial charge in [0.2, 0.25) is 0 Å². The Morgan fingerprint density at radius 1 is 0.978 bits per heavy atom. The van der Waals surface area contributed by atoms with E-state index in [9.17, 15) is 4.79 Å². The fraction of sp³-hybridized carbons (Fsp3) is 0.842. The van der Waals surface area contributed by atoms with Crippen molar-refractivity contribution in [2.24, 2.45) is 45.8 Å². The Morgan fingerprint density at radius 3 is 2.47 bits per heavy atom. The maximum absolute atomic E-state index is 13.6. The maximum atomic E-state index is 13.6. The summed E-state index contributed by atoms with van der Waals surface area (Å²) in [5, 5.41) is 15.0. The van der Waals surface area contributed by atoms with Crippen LogP contribution < -0.4 is 10.6 Å². The number of allylic oxidation sites excluding steroid dienone is 1. The Hall–Kier alpha value is -1.86. The van der Waals surface area contributed by atoms with Crippen LogP contribution >= 0.6 is 0 Å². The Morgan fingerprint density at radius 2 is 1.73 bits per heavy atom. The molecule has 1 aromatic rings. The van der Waals surface area contributed by atoms with E-state index in [1.165, 1.54) is 48.9 Å². The second kappa shape index (κ2) is 10.8. The third-order valence-corrected chi connectivity index (χ3v) is 15.8. The van der Waals surface area contributed by atoms with Crippen molar-refractivity contribution in [3.63, 3.8) is 0 Å². The first-order valence-electron chi connectivity index (χ1n) is 18.4. The number of hydrogen-bond donors (Lipinski definition) is 3. The number of carbonyl (C=O) groups excluding carboxylic acids is 1. The van der Waals surface area contributed by atoms with E-state index in [2.05, 4.69) is 92.0 Å². The standard InChI is InChI=1S/C38H62N6O/c1-25(2)27-11-14-38(41-33(45)39-17-18-44-21-19-43(8)20-22-44)16-15-36(6)28(31(27)38)9-10-30-35(5)23-26-24-40-42-32(26)34(3,4)29(35)12-13-37(30,36)7/h24,27-31H,1,9-23H2,2-8H3,(H,40,42)(H2,39,41,45)/t27-,28+,29-,30+,31+,35-,36+,37+,38-/m0/s1. The summed E-state index contributed by atoms with van der Waals surface area (Å²) in [4.78, 5) is 18.5. The number of urea groups is 1. The second-order valence-electron chi connectivity index (χ2n) is 18.0. The normalized spacial score (nSPS) is 44.1. The predicted molar refractivity (Wildman–Crippen MR) is 182 cm³/mol. The Balaban J connectivity index is 1.13. The zero-order valence-corrected chi connectivity index (χ0v) is 29.5. The van der Waals surface area contributed by atoms with Gasteiger partial charge in [-0.3, -0.25) is 10.00 Å². The van der Waals surface area contributed by atoms with Crippen molar-refractivity contribution in [1.82, 2.24) is 30.6 Å². The molecular formula is C38H62N6O. The zero-order valence-electron chi connectivity index (χ0n) is 29.5. The van der Waals surface area contributed by atoms with Crippen molar-refractivity contribution in [3.8, 4) is 0 Å². The molecule has 7 rings (SSSR count). The monoisotopic (exact) mass is 618 g/mol. The van der Waals surface area contributed by atoms with Gasteiger partial charge in [-0.05, 0) is 123 Å². The number of aromatic nitrogens is 2. The number of nitrogens with one attached hydrogen (secondary N) is 3. The van der Waals surface area contributed by atoms with Crippen LogP contribution in [0.3, 0.4) is 0 Å². The summed E-state index contributed by atoms with van der Waals surface area (Å²) in [6.45, 7) is 25.9. The summed E-state index contributed by atoms with van der Waals surface area (Å²) < 4.78 is 0. The minimum absolute atomic E-state index is 0.0494. The SMILES string of the molecule is C=C(C)[C@@H]1CC[C@]2(NC(=O)NCCN3CCN(C)CC3)CC[C@]3(C)[C@H](CC[C@@H]4[C@@]5(C)Cc6cn[nH]c6C(C)(C)[C@@H]5CC[C@]43C)[C@@H]12. The van der Waals surface area contributed by atoms with Crippen LogP contribution in [0.1, 0.15) is 104 Å². The molecule has 0 bridgehead atoms. The van der Waals surface area contributed by atoms with E-state index < -0.39 is 0 Å². The van der Waals surface area contributed by atoms with Gasteiger partial charge in [-0.1, -0.05) is 46.8 Å². The first kappa shape index (κ1) is 31.7. The molecule has 7 heteroatoms. The second-order valence-corrected chi connectivity index (χ2v) is 18.0. The van der Waals surface area contributed by atoms with Gasteiger partial charge in [0.25, 0.3) is 0 Å². The molecule has 1 aliphatic heterocycles. The van der Waals surface area contributed by atoms with Crippen LogP contribution in [0.2, 0.25) is 0 Å². The van der Waals surface area contributed by atoms with Gasteiger partial charge in [-0.2, -0.15) is 5.10 Å². The number of fused-ring (bicyclic) bond motifs is 8. The van der Waals surface area contributed by atoms with Crippen LogP contribution in [0, 0.1) is 45.8 Å². The first-order chi connectivity index (χ1) is 21.3. The molecule has 2 heterocycles. The van der Waals surface area contributed by atoms with E-state index in [4.69, 9.17) is 0 Å². The van der Waals surface area contributed by atoms with E-state index in [1.54, 1.807) is 0 Å². The average Bonchev–Trinajstić information content (AvgIpc) is 3.60. The van der Waals surface area contributed by atoms with E-state index in [1.807, 2.05) is 0 Å². The summed E-state index contributed by atoms with van der Waals surface area (Å²) >= 11 is 0. The molecule has 2 amide bonds. The Kier molecular flexibility index (Phi) is 7.64. The Bertz CT molecular complexity index is 1310. The molecule has 0 unspecified atom stereocenters. The molecule has 45 heavy (non-hydrogen) atoms. The molecule has 3 N–H and O–H groups in total. The molecule has 1 saturated heterocycles. The average molecular weight is 619 g/mol. The smallest absolute Gasteiger partial charge is 0.315 e. The van der Waals surface area contributed by atoms with Crippen molar-refractivity contribution in [1.29, 1.82) is 0 Å². The first-order valence-corrected chi connectivity index (χ1v) is 18.4. The van der Waals surface area contributed by atoms with E-state index in [0.29, 0.717) is 29.6 Å². The number of carbonyl (C=O) groups is 1. The third-order valence-electron chi connectivity index (χ3n) is 15.8. The summed E-state index contributed by atoms with van der Waals surface area (Å²) in [7, 11) is 2.19. The number of hydrogen-bond acceptors (Lipinski definition) is 4. The lowest BCUT2D eigenvalue weighted by atomic mass is 9.33.